The van der Waals surface area contributed by atoms with Gasteiger partial charge in [0, 0.05) is 5.56 Å². The number of fused-ring (bicyclic) bond motifs is 2. The van der Waals surface area contributed by atoms with Crippen molar-refractivity contribution in [2.75, 3.05) is 4.43 Å². The fourth-order valence-electron chi connectivity index (χ4n) is 3.30. The lowest BCUT2D eigenvalue weighted by Crippen LogP contribution is -2.40. The molecule has 3 rings (SSSR count). The minimum Gasteiger partial charge on any atom is -0.386 e. The van der Waals surface area contributed by atoms with Crippen LogP contribution in [0.5, 0.6) is 0 Å². The maximum absolute atomic E-state index is 6.26. The fourth-order valence-corrected chi connectivity index (χ4v) is 3.49. The summed E-state index contributed by atoms with van der Waals surface area (Å²) in [6, 6.07) is 6.40. The smallest absolute Gasteiger partial charge is 0.110 e. The van der Waals surface area contributed by atoms with Crippen LogP contribution in [0.25, 0.3) is 0 Å². The van der Waals surface area contributed by atoms with Gasteiger partial charge in [0.25, 0.3) is 0 Å². The zero-order chi connectivity index (χ0) is 13.3. The van der Waals surface area contributed by atoms with Crippen LogP contribution < -0.4 is 5.73 Å². The lowest BCUT2D eigenvalue weighted by Gasteiger charge is -2.34. The molecule has 2 N–H and O–H groups in total. The van der Waals surface area contributed by atoms with Crippen molar-refractivity contribution in [2.45, 2.75) is 37.5 Å². The van der Waals surface area contributed by atoms with Gasteiger partial charge in [0.2, 0.25) is 0 Å². The molecule has 0 radical (unpaired) electrons. The van der Waals surface area contributed by atoms with Gasteiger partial charge in [-0.2, -0.15) is 0 Å². The largest absolute Gasteiger partial charge is 0.386 e. The minimum absolute atomic E-state index is 0.0306. The summed E-state index contributed by atoms with van der Waals surface area (Å²) < 4.78 is 0.851. The molecule has 2 nitrogen and oxygen atoms in total. The van der Waals surface area contributed by atoms with Gasteiger partial charge in [-0.1, -0.05) is 59.8 Å². The first-order valence-electron chi connectivity index (χ1n) is 6.80. The van der Waals surface area contributed by atoms with Crippen molar-refractivity contribution in [3.05, 3.63) is 29.3 Å². The topological polar surface area (TPSA) is 38.4 Å². The van der Waals surface area contributed by atoms with Gasteiger partial charge in [0.15, 0.2) is 0 Å². The number of halogens is 1. The van der Waals surface area contributed by atoms with E-state index in [1.54, 1.807) is 0 Å². The van der Waals surface area contributed by atoms with Gasteiger partial charge in [-0.05, 0) is 30.5 Å². The van der Waals surface area contributed by atoms with E-state index >= 15 is 0 Å². The molecule has 0 saturated heterocycles. The van der Waals surface area contributed by atoms with E-state index in [0.717, 1.165) is 34.4 Å². The molecular weight excluding hydrogens is 347 g/mol. The van der Waals surface area contributed by atoms with Crippen molar-refractivity contribution < 1.29 is 0 Å². The summed E-state index contributed by atoms with van der Waals surface area (Å²) in [5, 5.41) is 0. The Morgan fingerprint density at radius 1 is 1.26 bits per heavy atom. The van der Waals surface area contributed by atoms with E-state index in [0.29, 0.717) is 0 Å². The van der Waals surface area contributed by atoms with Crippen LogP contribution in [-0.4, -0.2) is 10.3 Å². The minimum atomic E-state index is 0.0306. The summed E-state index contributed by atoms with van der Waals surface area (Å²) in [6.07, 6.45) is 6.13. The number of nitrogens with zero attached hydrogens (tertiary/aromatic N) is 1. The van der Waals surface area contributed by atoms with Gasteiger partial charge in [0.1, 0.15) is 5.84 Å². The van der Waals surface area contributed by atoms with Crippen molar-refractivity contribution in [1.82, 2.24) is 0 Å². The lowest BCUT2D eigenvalue weighted by molar-refractivity contribution is 0.383. The molecule has 19 heavy (non-hydrogen) atoms. The number of amidine groups is 1. The molecule has 0 atom stereocenters. The van der Waals surface area contributed by atoms with Crippen molar-refractivity contribution in [2.24, 2.45) is 10.7 Å². The highest BCUT2D eigenvalue weighted by Gasteiger charge is 2.42. The Labute approximate surface area is 128 Å². The molecule has 1 heterocycles. The first kappa shape index (κ1) is 13.0. The third-order valence-electron chi connectivity index (χ3n) is 4.25. The molecule has 2 aliphatic rings. The van der Waals surface area contributed by atoms with Gasteiger partial charge in [0.05, 0.1) is 15.5 Å². The maximum Gasteiger partial charge on any atom is 0.110 e. The monoisotopic (exact) mass is 364 g/mol. The van der Waals surface area contributed by atoms with Gasteiger partial charge in [-0.25, -0.2) is 4.99 Å². The van der Waals surface area contributed by atoms with E-state index in [1.165, 1.54) is 24.8 Å². The summed E-state index contributed by atoms with van der Waals surface area (Å²) >= 11 is 2.26. The second kappa shape index (κ2) is 5.16. The van der Waals surface area contributed by atoms with Crippen LogP contribution in [0.15, 0.2) is 23.2 Å². The van der Waals surface area contributed by atoms with Crippen molar-refractivity contribution in [3.8, 4) is 11.8 Å². The molecule has 1 aromatic rings. The Morgan fingerprint density at radius 3 is 2.79 bits per heavy atom. The second-order valence-corrected chi connectivity index (χ2v) is 6.07. The number of nitrogens with two attached hydrogens (primary N) is 1. The van der Waals surface area contributed by atoms with E-state index < -0.39 is 0 Å². The average molecular weight is 364 g/mol. The number of hydrogen-bond donors (Lipinski definition) is 1. The molecule has 0 aromatic heterocycles. The van der Waals surface area contributed by atoms with E-state index in [4.69, 9.17) is 5.73 Å². The van der Waals surface area contributed by atoms with E-state index in [1.807, 2.05) is 0 Å². The Balaban J connectivity index is 2.02. The lowest BCUT2D eigenvalue weighted by atomic mass is 9.69. The van der Waals surface area contributed by atoms with Crippen molar-refractivity contribution in [3.63, 3.8) is 0 Å². The number of alkyl halides is 1. The summed E-state index contributed by atoms with van der Waals surface area (Å²) in [5.74, 6) is 7.08. The van der Waals surface area contributed by atoms with Gasteiger partial charge < -0.3 is 5.73 Å². The molecule has 0 bridgehead atoms. The Kier molecular flexibility index (Phi) is 3.53. The number of benzene rings is 1. The van der Waals surface area contributed by atoms with Crippen LogP contribution in [0.4, 0.5) is 5.69 Å². The summed E-state index contributed by atoms with van der Waals surface area (Å²) in [6.45, 7) is 0. The van der Waals surface area contributed by atoms with E-state index in [2.05, 4.69) is 57.6 Å². The molecule has 1 saturated carbocycles. The summed E-state index contributed by atoms with van der Waals surface area (Å²) in [7, 11) is 0. The molecule has 1 fully saturated rings. The molecule has 1 aliphatic carbocycles. The quantitative estimate of drug-likeness (QED) is 0.426. The normalized spacial score (nSPS) is 19.5. The standard InChI is InChI=1S/C16H17IN2/c17-10-4-5-12-6-7-13-14(11-12)19-15(18)16(13)8-2-1-3-9-16/h6-7,11H,1-3,8-10H2,(H2,18,19). The van der Waals surface area contributed by atoms with E-state index in [-0.39, 0.29) is 5.41 Å². The summed E-state index contributed by atoms with van der Waals surface area (Å²) in [5.41, 5.74) is 9.69. The molecule has 1 aliphatic heterocycles. The molecule has 3 heteroatoms. The van der Waals surface area contributed by atoms with Gasteiger partial charge in [-0.15, -0.1) is 0 Å². The van der Waals surface area contributed by atoms with Crippen LogP contribution in [0, 0.1) is 11.8 Å². The van der Waals surface area contributed by atoms with Crippen LogP contribution in [0.2, 0.25) is 0 Å². The molecule has 0 amide bonds. The maximum atomic E-state index is 6.26. The number of rotatable bonds is 0. The van der Waals surface area contributed by atoms with Crippen LogP contribution >= 0.6 is 22.6 Å². The van der Waals surface area contributed by atoms with E-state index in [9.17, 15) is 0 Å². The first-order valence-corrected chi connectivity index (χ1v) is 8.33. The highest BCUT2D eigenvalue weighted by molar-refractivity contribution is 14.1. The van der Waals surface area contributed by atoms with Crippen molar-refractivity contribution >= 4 is 34.1 Å². The van der Waals surface area contributed by atoms with Crippen LogP contribution in [0.1, 0.15) is 43.2 Å². The number of aliphatic imine (C=N–C) groups is 1. The third-order valence-corrected chi connectivity index (χ3v) is 4.63. The second-order valence-electron chi connectivity index (χ2n) is 5.31. The van der Waals surface area contributed by atoms with Gasteiger partial charge in [-0.3, -0.25) is 0 Å². The summed E-state index contributed by atoms with van der Waals surface area (Å²) in [4.78, 5) is 4.62. The Morgan fingerprint density at radius 2 is 2.05 bits per heavy atom. The Hall–Kier alpha value is -1.02. The average Bonchev–Trinajstić information content (AvgIpc) is 2.70. The molecule has 1 spiro atoms. The van der Waals surface area contributed by atoms with Crippen LogP contribution in [-0.2, 0) is 5.41 Å². The highest BCUT2D eigenvalue weighted by Crippen LogP contribution is 2.47. The molecule has 1 aromatic carbocycles. The molecule has 0 unspecified atom stereocenters. The van der Waals surface area contributed by atoms with Gasteiger partial charge >= 0.3 is 0 Å². The highest BCUT2D eigenvalue weighted by atomic mass is 127. The number of hydrogen-bond acceptors (Lipinski definition) is 2. The predicted octanol–water partition coefficient (Wildman–Crippen LogP) is 3.68. The third kappa shape index (κ3) is 2.16. The Bertz CT molecular complexity index is 587. The zero-order valence-electron chi connectivity index (χ0n) is 10.9. The zero-order valence-corrected chi connectivity index (χ0v) is 13.0. The SMILES string of the molecule is NC1=Nc2cc(C#CCI)ccc2C12CCCCC2. The molecule has 98 valence electrons. The fraction of sp³-hybridized carbons (Fsp3) is 0.438. The molecular formula is C16H17IN2. The van der Waals surface area contributed by atoms with Crippen LogP contribution in [0.3, 0.4) is 0 Å². The first-order chi connectivity index (χ1) is 9.26. The predicted molar refractivity (Wildman–Crippen MR) is 88.3 cm³/mol. The van der Waals surface area contributed by atoms with Crippen molar-refractivity contribution in [1.29, 1.82) is 0 Å².